The predicted molar refractivity (Wildman–Crippen MR) is 79.0 cm³/mol. The summed E-state index contributed by atoms with van der Waals surface area (Å²) in [6.07, 6.45) is 0.811. The number of carboxylic acids is 1. The van der Waals surface area contributed by atoms with E-state index in [0.29, 0.717) is 11.5 Å². The molecular formula is C13H18Cl2O2Si. The second-order valence-electron chi connectivity index (χ2n) is 4.96. The van der Waals surface area contributed by atoms with Crippen molar-refractivity contribution in [3.05, 3.63) is 35.4 Å². The molecule has 0 spiro atoms. The van der Waals surface area contributed by atoms with Crippen molar-refractivity contribution in [2.75, 3.05) is 0 Å². The monoisotopic (exact) mass is 304 g/mol. The van der Waals surface area contributed by atoms with Gasteiger partial charge in [0.25, 0.3) is 6.69 Å². The first-order chi connectivity index (χ1) is 8.30. The fourth-order valence-corrected chi connectivity index (χ4v) is 6.31. The Morgan fingerprint density at radius 1 is 1.28 bits per heavy atom. The number of rotatable bonds is 6. The highest BCUT2D eigenvalue weighted by Crippen LogP contribution is 2.30. The van der Waals surface area contributed by atoms with E-state index < -0.39 is 12.7 Å². The van der Waals surface area contributed by atoms with Crippen LogP contribution in [0.2, 0.25) is 12.1 Å². The third-order valence-electron chi connectivity index (χ3n) is 2.69. The van der Waals surface area contributed by atoms with E-state index in [1.165, 1.54) is 0 Å². The number of hydrogen-bond acceptors (Lipinski definition) is 1. The summed E-state index contributed by atoms with van der Waals surface area (Å²) < 4.78 is 0. The van der Waals surface area contributed by atoms with Crippen LogP contribution in [0, 0.1) is 5.92 Å². The van der Waals surface area contributed by atoms with Crippen LogP contribution in [0.5, 0.6) is 0 Å². The summed E-state index contributed by atoms with van der Waals surface area (Å²) in [5.41, 5.74) is 1.39. The quantitative estimate of drug-likeness (QED) is 0.620. The van der Waals surface area contributed by atoms with Gasteiger partial charge in [0.05, 0.1) is 5.56 Å². The number of hydrogen-bond donors (Lipinski definition) is 1. The van der Waals surface area contributed by atoms with Gasteiger partial charge < -0.3 is 5.11 Å². The van der Waals surface area contributed by atoms with Crippen molar-refractivity contribution < 1.29 is 9.90 Å². The molecule has 100 valence electrons. The zero-order valence-corrected chi connectivity index (χ0v) is 13.1. The van der Waals surface area contributed by atoms with E-state index in [4.69, 9.17) is 27.3 Å². The molecule has 0 aliphatic carbocycles. The topological polar surface area (TPSA) is 37.3 Å². The lowest BCUT2D eigenvalue weighted by molar-refractivity contribution is 0.0697. The maximum Gasteiger partial charge on any atom is 0.335 e. The molecule has 0 aliphatic heterocycles. The average Bonchev–Trinajstić information content (AvgIpc) is 2.25. The van der Waals surface area contributed by atoms with Gasteiger partial charge in [-0.15, -0.1) is 22.2 Å². The fourth-order valence-electron chi connectivity index (χ4n) is 1.84. The highest BCUT2D eigenvalue weighted by molar-refractivity contribution is 7.45. The molecule has 0 bridgehead atoms. The van der Waals surface area contributed by atoms with Crippen LogP contribution in [0.15, 0.2) is 24.3 Å². The molecule has 0 heterocycles. The summed E-state index contributed by atoms with van der Waals surface area (Å²) in [5.74, 6) is -0.388. The minimum atomic E-state index is -2.16. The normalized spacial score (nSPS) is 11.8. The summed E-state index contributed by atoms with van der Waals surface area (Å²) >= 11 is 12.7. The van der Waals surface area contributed by atoms with Gasteiger partial charge in [0.15, 0.2) is 0 Å². The first kappa shape index (κ1) is 15.5. The van der Waals surface area contributed by atoms with E-state index in [1.807, 2.05) is 12.1 Å². The zero-order valence-electron chi connectivity index (χ0n) is 10.6. The summed E-state index contributed by atoms with van der Waals surface area (Å²) in [5, 5.41) is 8.80. The molecule has 1 aromatic carbocycles. The Morgan fingerprint density at radius 2 is 1.83 bits per heavy atom. The molecule has 0 unspecified atom stereocenters. The van der Waals surface area contributed by atoms with Crippen LogP contribution in [0.1, 0.15) is 29.8 Å². The largest absolute Gasteiger partial charge is 0.478 e. The number of halogens is 2. The van der Waals surface area contributed by atoms with Crippen molar-refractivity contribution in [3.8, 4) is 0 Å². The first-order valence-electron chi connectivity index (χ1n) is 6.00. The molecule has 18 heavy (non-hydrogen) atoms. The molecule has 1 rings (SSSR count). The molecule has 0 saturated heterocycles. The summed E-state index contributed by atoms with van der Waals surface area (Å²) in [4.78, 5) is 10.7. The van der Waals surface area contributed by atoms with E-state index in [2.05, 4.69) is 13.8 Å². The standard InChI is InChI=1S/C13H18Cl2O2Si/c1-10(2)9-18(14,15)8-7-11-3-5-12(6-4-11)13(16)17/h3-6,10H,7-9H2,1-2H3,(H,16,17). The van der Waals surface area contributed by atoms with Gasteiger partial charge in [0, 0.05) is 0 Å². The lowest BCUT2D eigenvalue weighted by Gasteiger charge is -2.18. The van der Waals surface area contributed by atoms with Gasteiger partial charge in [-0.3, -0.25) is 0 Å². The number of aryl methyl sites for hydroxylation is 1. The number of carboxylic acid groups (broad SMARTS) is 1. The van der Waals surface area contributed by atoms with Gasteiger partial charge in [-0.25, -0.2) is 4.79 Å². The minimum absolute atomic E-state index is 0.307. The molecule has 5 heteroatoms. The Kier molecular flexibility index (Phi) is 5.69. The van der Waals surface area contributed by atoms with Crippen LogP contribution >= 0.6 is 22.2 Å². The Morgan fingerprint density at radius 3 is 2.28 bits per heavy atom. The lowest BCUT2D eigenvalue weighted by atomic mass is 10.1. The number of benzene rings is 1. The van der Waals surface area contributed by atoms with E-state index in [-0.39, 0.29) is 0 Å². The highest BCUT2D eigenvalue weighted by atomic mass is 35.7. The molecule has 0 fully saturated rings. The molecule has 2 nitrogen and oxygen atoms in total. The van der Waals surface area contributed by atoms with Crippen molar-refractivity contribution in [1.82, 2.24) is 0 Å². The molecule has 0 aliphatic rings. The molecule has 1 N–H and O–H groups in total. The summed E-state index contributed by atoms with van der Waals surface area (Å²) in [6.45, 7) is 2.08. The van der Waals surface area contributed by atoms with Crippen LogP contribution in [0.4, 0.5) is 0 Å². The van der Waals surface area contributed by atoms with Crippen molar-refractivity contribution in [1.29, 1.82) is 0 Å². The highest BCUT2D eigenvalue weighted by Gasteiger charge is 2.28. The van der Waals surface area contributed by atoms with Crippen LogP contribution in [-0.4, -0.2) is 17.8 Å². The van der Waals surface area contributed by atoms with Gasteiger partial charge in [0.1, 0.15) is 0 Å². The van der Waals surface area contributed by atoms with Gasteiger partial charge in [0.2, 0.25) is 0 Å². The summed E-state index contributed by atoms with van der Waals surface area (Å²) in [6, 6.07) is 8.59. The van der Waals surface area contributed by atoms with Gasteiger partial charge in [-0.2, -0.15) is 0 Å². The molecule has 0 saturated carbocycles. The Balaban J connectivity index is 2.55. The fraction of sp³-hybridized carbons (Fsp3) is 0.462. The second kappa shape index (κ2) is 6.59. The van der Waals surface area contributed by atoms with Crippen molar-refractivity contribution in [3.63, 3.8) is 0 Å². The molecule has 0 atom stereocenters. The minimum Gasteiger partial charge on any atom is -0.478 e. The van der Waals surface area contributed by atoms with E-state index in [0.717, 1.165) is 24.1 Å². The van der Waals surface area contributed by atoms with Gasteiger partial charge >= 0.3 is 5.97 Å². The van der Waals surface area contributed by atoms with Gasteiger partial charge in [-0.1, -0.05) is 26.0 Å². The zero-order chi connectivity index (χ0) is 13.8. The van der Waals surface area contributed by atoms with Crippen LogP contribution < -0.4 is 0 Å². The molecule has 1 aromatic rings. The second-order valence-corrected chi connectivity index (χ2v) is 12.5. The third-order valence-corrected chi connectivity index (χ3v) is 7.14. The van der Waals surface area contributed by atoms with Crippen molar-refractivity contribution in [2.24, 2.45) is 5.92 Å². The van der Waals surface area contributed by atoms with E-state index in [9.17, 15) is 4.79 Å². The van der Waals surface area contributed by atoms with Gasteiger partial charge in [-0.05, 0) is 42.1 Å². The molecule has 0 aromatic heterocycles. The maximum atomic E-state index is 10.7. The lowest BCUT2D eigenvalue weighted by Crippen LogP contribution is -2.21. The van der Waals surface area contributed by atoms with Crippen molar-refractivity contribution in [2.45, 2.75) is 32.4 Å². The van der Waals surface area contributed by atoms with E-state index >= 15 is 0 Å². The Hall–Kier alpha value is -0.513. The maximum absolute atomic E-state index is 10.7. The molecule has 0 amide bonds. The third kappa shape index (κ3) is 5.42. The van der Waals surface area contributed by atoms with Crippen LogP contribution in [-0.2, 0) is 6.42 Å². The van der Waals surface area contributed by atoms with E-state index in [1.54, 1.807) is 12.1 Å². The Bertz CT molecular complexity index is 402. The SMILES string of the molecule is CC(C)C[Si](Cl)(Cl)CCc1ccc(C(=O)O)cc1. The predicted octanol–water partition coefficient (Wildman–Crippen LogP) is 4.50. The Labute approximate surface area is 118 Å². The first-order valence-corrected chi connectivity index (χ1v) is 10.4. The van der Waals surface area contributed by atoms with Crippen molar-refractivity contribution >= 4 is 34.8 Å². The van der Waals surface area contributed by atoms with Crippen LogP contribution in [0.3, 0.4) is 0 Å². The number of carbonyl (C=O) groups is 1. The average molecular weight is 305 g/mol. The molecular weight excluding hydrogens is 287 g/mol. The molecule has 0 radical (unpaired) electrons. The number of aromatic carboxylic acids is 1. The smallest absolute Gasteiger partial charge is 0.335 e. The summed E-state index contributed by atoms with van der Waals surface area (Å²) in [7, 11) is 0. The van der Waals surface area contributed by atoms with Crippen LogP contribution in [0.25, 0.3) is 0 Å².